The fourth-order valence-corrected chi connectivity index (χ4v) is 2.21. The minimum absolute atomic E-state index is 0.0220. The van der Waals surface area contributed by atoms with Crippen molar-refractivity contribution in [3.8, 4) is 17.2 Å². The van der Waals surface area contributed by atoms with Gasteiger partial charge in [0.1, 0.15) is 0 Å². The highest BCUT2D eigenvalue weighted by atomic mass is 16.6. The van der Waals surface area contributed by atoms with Gasteiger partial charge in [-0.25, -0.2) is 9.48 Å². The maximum atomic E-state index is 12.4. The van der Waals surface area contributed by atoms with Crippen molar-refractivity contribution < 1.29 is 19.2 Å². The summed E-state index contributed by atoms with van der Waals surface area (Å²) < 4.78 is 12.0. The summed E-state index contributed by atoms with van der Waals surface area (Å²) in [5.41, 5.74) is 0.765. The monoisotopic (exact) mass is 339 g/mol. The summed E-state index contributed by atoms with van der Waals surface area (Å²) in [5.74, 6) is -0.457. The van der Waals surface area contributed by atoms with Gasteiger partial charge in [-0.1, -0.05) is 6.07 Å². The molecule has 0 atom stereocenters. The minimum atomic E-state index is -0.659. The predicted octanol–water partition coefficient (Wildman–Crippen LogP) is 3.01. The number of ether oxygens (including phenoxy) is 2. The summed E-state index contributed by atoms with van der Waals surface area (Å²) in [6, 6.07) is 12.2. The van der Waals surface area contributed by atoms with Crippen molar-refractivity contribution >= 4 is 11.7 Å². The third kappa shape index (κ3) is 3.47. The Kier molecular flexibility index (Phi) is 4.42. The lowest BCUT2D eigenvalue weighted by Crippen LogP contribution is -2.10. The topological polar surface area (TPSA) is 96.5 Å². The number of rotatable bonds is 5. The van der Waals surface area contributed by atoms with E-state index in [0.717, 1.165) is 6.07 Å². The molecule has 0 N–H and O–H groups in total. The van der Waals surface area contributed by atoms with Gasteiger partial charge in [-0.2, -0.15) is 5.10 Å². The van der Waals surface area contributed by atoms with Crippen LogP contribution in [0.4, 0.5) is 5.69 Å². The molecule has 0 aliphatic carbocycles. The van der Waals surface area contributed by atoms with Crippen LogP contribution in [-0.4, -0.2) is 27.8 Å². The fourth-order valence-electron chi connectivity index (χ4n) is 2.21. The van der Waals surface area contributed by atoms with E-state index in [2.05, 4.69) is 5.10 Å². The van der Waals surface area contributed by atoms with Crippen LogP contribution >= 0.6 is 0 Å². The van der Waals surface area contributed by atoms with Crippen molar-refractivity contribution in [3.63, 3.8) is 0 Å². The maximum Gasteiger partial charge on any atom is 0.343 e. The molecular formula is C17H13N3O5. The van der Waals surface area contributed by atoms with Gasteiger partial charge in [-0.05, 0) is 30.3 Å². The van der Waals surface area contributed by atoms with Gasteiger partial charge in [0.15, 0.2) is 11.5 Å². The first-order chi connectivity index (χ1) is 12.1. The van der Waals surface area contributed by atoms with E-state index >= 15 is 0 Å². The summed E-state index contributed by atoms with van der Waals surface area (Å²) >= 11 is 0. The van der Waals surface area contributed by atoms with E-state index in [4.69, 9.17) is 9.47 Å². The zero-order valence-corrected chi connectivity index (χ0v) is 13.2. The number of esters is 1. The Morgan fingerprint density at radius 1 is 1.16 bits per heavy atom. The van der Waals surface area contributed by atoms with Gasteiger partial charge in [-0.15, -0.1) is 0 Å². The highest BCUT2D eigenvalue weighted by molar-refractivity contribution is 5.92. The number of carbonyl (C=O) groups is 1. The van der Waals surface area contributed by atoms with Gasteiger partial charge in [0.2, 0.25) is 0 Å². The zero-order chi connectivity index (χ0) is 17.8. The second kappa shape index (κ2) is 6.83. The molecule has 0 saturated carbocycles. The number of benzene rings is 2. The lowest BCUT2D eigenvalue weighted by molar-refractivity contribution is -0.384. The molecule has 0 aliphatic heterocycles. The third-order valence-electron chi connectivity index (χ3n) is 3.41. The normalized spacial score (nSPS) is 10.3. The highest BCUT2D eigenvalue weighted by Crippen LogP contribution is 2.31. The number of nitro benzene ring substituents is 1. The quantitative estimate of drug-likeness (QED) is 0.307. The second-order valence-electron chi connectivity index (χ2n) is 4.98. The van der Waals surface area contributed by atoms with Gasteiger partial charge in [0, 0.05) is 18.5 Å². The summed E-state index contributed by atoms with van der Waals surface area (Å²) in [7, 11) is 1.39. The van der Waals surface area contributed by atoms with Crippen molar-refractivity contribution in [2.24, 2.45) is 0 Å². The van der Waals surface area contributed by atoms with E-state index in [1.54, 1.807) is 47.4 Å². The molecular weight excluding hydrogens is 326 g/mol. The van der Waals surface area contributed by atoms with Crippen LogP contribution < -0.4 is 9.47 Å². The molecule has 3 rings (SSSR count). The lowest BCUT2D eigenvalue weighted by Gasteiger charge is -2.09. The van der Waals surface area contributed by atoms with E-state index in [1.807, 2.05) is 0 Å². The molecule has 25 heavy (non-hydrogen) atoms. The Balaban J connectivity index is 1.89. The van der Waals surface area contributed by atoms with Crippen LogP contribution in [0.1, 0.15) is 10.4 Å². The van der Waals surface area contributed by atoms with Crippen molar-refractivity contribution in [1.29, 1.82) is 0 Å². The van der Waals surface area contributed by atoms with Gasteiger partial charge >= 0.3 is 5.97 Å². The molecule has 8 heteroatoms. The number of hydrogen-bond acceptors (Lipinski definition) is 6. The van der Waals surface area contributed by atoms with E-state index in [0.29, 0.717) is 5.69 Å². The van der Waals surface area contributed by atoms with Crippen LogP contribution in [-0.2, 0) is 0 Å². The van der Waals surface area contributed by atoms with Crippen LogP contribution in [0.2, 0.25) is 0 Å². The van der Waals surface area contributed by atoms with Gasteiger partial charge in [0.05, 0.1) is 29.4 Å². The first kappa shape index (κ1) is 16.2. The van der Waals surface area contributed by atoms with Gasteiger partial charge in [-0.3, -0.25) is 10.1 Å². The summed E-state index contributed by atoms with van der Waals surface area (Å²) in [4.78, 5) is 22.7. The summed E-state index contributed by atoms with van der Waals surface area (Å²) in [5, 5.41) is 15.0. The molecule has 2 aromatic carbocycles. The molecule has 0 radical (unpaired) electrons. The molecule has 0 saturated heterocycles. The second-order valence-corrected chi connectivity index (χ2v) is 4.98. The molecule has 126 valence electrons. The largest absolute Gasteiger partial charge is 0.493 e. The van der Waals surface area contributed by atoms with E-state index in [1.165, 1.54) is 19.2 Å². The predicted molar refractivity (Wildman–Crippen MR) is 88.2 cm³/mol. The molecule has 0 aliphatic rings. The number of carbonyl (C=O) groups excluding carboxylic acids is 1. The molecule has 1 aromatic heterocycles. The van der Waals surface area contributed by atoms with Crippen molar-refractivity contribution in [2.45, 2.75) is 0 Å². The van der Waals surface area contributed by atoms with Crippen LogP contribution in [0, 0.1) is 10.1 Å². The standard InChI is InChI=1S/C17H13N3O5/c1-24-15-7-6-14(20(22)23)11-16(15)25-17(21)12-4-2-5-13(10-12)19-9-3-8-18-19/h2-11H,1H3. The molecule has 0 fully saturated rings. The number of methoxy groups -OCH3 is 1. The minimum Gasteiger partial charge on any atom is -0.493 e. The van der Waals surface area contributed by atoms with Crippen LogP contribution in [0.15, 0.2) is 60.9 Å². The van der Waals surface area contributed by atoms with Crippen LogP contribution in [0.3, 0.4) is 0 Å². The van der Waals surface area contributed by atoms with Crippen molar-refractivity contribution in [2.75, 3.05) is 7.11 Å². The summed E-state index contributed by atoms with van der Waals surface area (Å²) in [6.07, 6.45) is 3.37. The molecule has 0 spiro atoms. The number of hydrogen-bond donors (Lipinski definition) is 0. The number of non-ortho nitro benzene ring substituents is 1. The van der Waals surface area contributed by atoms with Gasteiger partial charge in [0.25, 0.3) is 5.69 Å². The third-order valence-corrected chi connectivity index (χ3v) is 3.41. The Morgan fingerprint density at radius 2 is 2.00 bits per heavy atom. The van der Waals surface area contributed by atoms with E-state index in [9.17, 15) is 14.9 Å². The zero-order valence-electron chi connectivity index (χ0n) is 13.2. The average Bonchev–Trinajstić information content (AvgIpc) is 3.16. The van der Waals surface area contributed by atoms with Gasteiger partial charge < -0.3 is 9.47 Å². The maximum absolute atomic E-state index is 12.4. The Morgan fingerprint density at radius 3 is 2.68 bits per heavy atom. The Bertz CT molecular complexity index is 922. The fraction of sp³-hybridized carbons (Fsp3) is 0.0588. The van der Waals surface area contributed by atoms with Crippen LogP contribution in [0.5, 0.6) is 11.5 Å². The molecule has 8 nitrogen and oxygen atoms in total. The highest BCUT2D eigenvalue weighted by Gasteiger charge is 2.17. The molecule has 1 heterocycles. The SMILES string of the molecule is COc1ccc([N+](=O)[O-])cc1OC(=O)c1cccc(-n2cccn2)c1. The first-order valence-electron chi connectivity index (χ1n) is 7.23. The average molecular weight is 339 g/mol. The van der Waals surface area contributed by atoms with Crippen molar-refractivity contribution in [1.82, 2.24) is 9.78 Å². The van der Waals surface area contributed by atoms with Crippen LogP contribution in [0.25, 0.3) is 5.69 Å². The van der Waals surface area contributed by atoms with E-state index < -0.39 is 10.9 Å². The Hall–Kier alpha value is -3.68. The smallest absolute Gasteiger partial charge is 0.343 e. The number of nitrogens with zero attached hydrogens (tertiary/aromatic N) is 3. The first-order valence-corrected chi connectivity index (χ1v) is 7.23. The van der Waals surface area contributed by atoms with E-state index in [-0.39, 0.29) is 22.7 Å². The van der Waals surface area contributed by atoms with Crippen molar-refractivity contribution in [3.05, 3.63) is 76.6 Å². The lowest BCUT2D eigenvalue weighted by atomic mass is 10.2. The number of nitro groups is 1. The molecule has 3 aromatic rings. The molecule has 0 amide bonds. The molecule has 0 bridgehead atoms. The Labute approximate surface area is 142 Å². The number of aromatic nitrogens is 2. The summed E-state index contributed by atoms with van der Waals surface area (Å²) in [6.45, 7) is 0. The molecule has 0 unspecified atom stereocenters.